The Bertz CT molecular complexity index is 816. The van der Waals surface area contributed by atoms with Crippen LogP contribution in [-0.4, -0.2) is 18.2 Å². The second kappa shape index (κ2) is 7.23. The first-order valence-electron chi connectivity index (χ1n) is 7.28. The Labute approximate surface area is 144 Å². The Hall–Kier alpha value is -2.73. The molecule has 1 amide bonds. The highest BCUT2D eigenvalue weighted by atomic mass is 32.2. The van der Waals surface area contributed by atoms with E-state index in [1.807, 2.05) is 42.5 Å². The van der Waals surface area contributed by atoms with Gasteiger partial charge in [0.05, 0.1) is 12.0 Å². The first kappa shape index (κ1) is 16.1. The average Bonchev–Trinajstić information content (AvgIpc) is 2.91. The van der Waals surface area contributed by atoms with Crippen molar-refractivity contribution >= 4 is 28.9 Å². The van der Waals surface area contributed by atoms with E-state index in [-0.39, 0.29) is 11.1 Å². The van der Waals surface area contributed by atoms with Crippen molar-refractivity contribution in [3.05, 3.63) is 64.6 Å². The maximum atomic E-state index is 11.7. The fourth-order valence-electron chi connectivity index (χ4n) is 2.21. The van der Waals surface area contributed by atoms with Gasteiger partial charge in [0.15, 0.2) is 16.7 Å². The van der Waals surface area contributed by atoms with E-state index in [0.29, 0.717) is 23.0 Å². The van der Waals surface area contributed by atoms with Gasteiger partial charge in [-0.05, 0) is 41.1 Å². The number of carbonyl (C=O) groups excluding carboxylic acids is 1. The molecule has 24 heavy (non-hydrogen) atoms. The number of nitrogens with zero attached hydrogens (tertiary/aromatic N) is 1. The Morgan fingerprint density at radius 3 is 2.62 bits per heavy atom. The average molecular weight is 340 g/mol. The summed E-state index contributed by atoms with van der Waals surface area (Å²) < 4.78 is 11.2. The predicted molar refractivity (Wildman–Crippen MR) is 96.0 cm³/mol. The zero-order valence-corrected chi connectivity index (χ0v) is 13.9. The first-order chi connectivity index (χ1) is 11.7. The van der Waals surface area contributed by atoms with Crippen LogP contribution in [0.25, 0.3) is 6.08 Å². The molecule has 1 aliphatic rings. The molecular weight excluding hydrogens is 324 g/mol. The summed E-state index contributed by atoms with van der Waals surface area (Å²) in [7, 11) is 1.59. The summed E-state index contributed by atoms with van der Waals surface area (Å²) in [6, 6.07) is 15.4. The number of ether oxygens (including phenoxy) is 2. The van der Waals surface area contributed by atoms with E-state index in [1.54, 1.807) is 19.3 Å². The Morgan fingerprint density at radius 1 is 1.17 bits per heavy atom. The van der Waals surface area contributed by atoms with Gasteiger partial charge in [0.2, 0.25) is 0 Å². The van der Waals surface area contributed by atoms with E-state index in [0.717, 1.165) is 22.9 Å². The molecule has 3 rings (SSSR count). The number of amides is 1. The van der Waals surface area contributed by atoms with Crippen molar-refractivity contribution in [3.63, 3.8) is 0 Å². The molecular formula is C18H16N2O3S. The van der Waals surface area contributed by atoms with Crippen molar-refractivity contribution in [2.75, 3.05) is 7.11 Å². The molecule has 0 aliphatic carbocycles. The van der Waals surface area contributed by atoms with Gasteiger partial charge in [0.25, 0.3) is 5.91 Å². The van der Waals surface area contributed by atoms with E-state index in [2.05, 4.69) is 4.99 Å². The topological polar surface area (TPSA) is 73.9 Å². The van der Waals surface area contributed by atoms with Gasteiger partial charge < -0.3 is 15.2 Å². The number of nitrogens with two attached hydrogens (primary N) is 1. The second-order valence-electron chi connectivity index (χ2n) is 5.05. The highest BCUT2D eigenvalue weighted by Gasteiger charge is 2.19. The number of hydrogen-bond acceptors (Lipinski definition) is 5. The molecule has 122 valence electrons. The summed E-state index contributed by atoms with van der Waals surface area (Å²) in [5, 5.41) is 0.264. The summed E-state index contributed by atoms with van der Waals surface area (Å²) in [6.45, 7) is 0.432. The minimum Gasteiger partial charge on any atom is -0.493 e. The van der Waals surface area contributed by atoms with E-state index in [4.69, 9.17) is 15.2 Å². The van der Waals surface area contributed by atoms with Crippen LogP contribution in [0.1, 0.15) is 11.1 Å². The van der Waals surface area contributed by atoms with Crippen molar-refractivity contribution < 1.29 is 14.3 Å². The molecule has 0 fully saturated rings. The number of carbonyl (C=O) groups is 1. The summed E-state index contributed by atoms with van der Waals surface area (Å²) in [6.07, 6.45) is 1.74. The minimum atomic E-state index is -0.319. The number of aliphatic imine (C=N–C) groups is 1. The normalized spacial score (nSPS) is 15.5. The number of hydrogen-bond donors (Lipinski definition) is 1. The molecule has 0 saturated heterocycles. The monoisotopic (exact) mass is 340 g/mol. The van der Waals surface area contributed by atoms with Crippen LogP contribution in [0, 0.1) is 0 Å². The predicted octanol–water partition coefficient (Wildman–Crippen LogP) is 3.20. The van der Waals surface area contributed by atoms with Crippen molar-refractivity contribution in [2.45, 2.75) is 6.61 Å². The molecule has 0 radical (unpaired) electrons. The Balaban J connectivity index is 1.81. The van der Waals surface area contributed by atoms with E-state index in [1.165, 1.54) is 0 Å². The zero-order valence-electron chi connectivity index (χ0n) is 13.1. The summed E-state index contributed by atoms with van der Waals surface area (Å²) in [5.41, 5.74) is 7.44. The van der Waals surface area contributed by atoms with Gasteiger partial charge in [-0.25, -0.2) is 0 Å². The number of amidine groups is 1. The van der Waals surface area contributed by atoms with Gasteiger partial charge in [0.1, 0.15) is 6.61 Å². The Morgan fingerprint density at radius 2 is 1.96 bits per heavy atom. The van der Waals surface area contributed by atoms with Gasteiger partial charge in [-0.15, -0.1) is 0 Å². The summed E-state index contributed by atoms with van der Waals surface area (Å²) in [4.78, 5) is 15.9. The fraction of sp³-hybridized carbons (Fsp3) is 0.111. The third-order valence-electron chi connectivity index (χ3n) is 3.36. The first-order valence-corrected chi connectivity index (χ1v) is 8.10. The van der Waals surface area contributed by atoms with Crippen LogP contribution in [0.4, 0.5) is 0 Å². The second-order valence-corrected chi connectivity index (χ2v) is 6.11. The maximum Gasteiger partial charge on any atom is 0.286 e. The highest BCUT2D eigenvalue weighted by molar-refractivity contribution is 8.18. The molecule has 5 nitrogen and oxygen atoms in total. The molecule has 1 aliphatic heterocycles. The fourth-order valence-corrected chi connectivity index (χ4v) is 2.89. The minimum absolute atomic E-state index is 0.264. The lowest BCUT2D eigenvalue weighted by atomic mass is 10.2. The third kappa shape index (κ3) is 3.78. The lowest BCUT2D eigenvalue weighted by Crippen LogP contribution is -2.01. The molecule has 6 heteroatoms. The van der Waals surface area contributed by atoms with Crippen molar-refractivity contribution in [2.24, 2.45) is 10.7 Å². The molecule has 1 heterocycles. The molecule has 0 unspecified atom stereocenters. The smallest absolute Gasteiger partial charge is 0.286 e. The quantitative estimate of drug-likeness (QED) is 0.846. The molecule has 0 aromatic heterocycles. The van der Waals surface area contributed by atoms with Crippen molar-refractivity contribution in [1.29, 1.82) is 0 Å². The van der Waals surface area contributed by atoms with Gasteiger partial charge in [0, 0.05) is 0 Å². The number of rotatable bonds is 5. The SMILES string of the molecule is COc1ccc(/C=C2/SC(N)=NC2=O)cc1OCc1ccccc1. The molecule has 2 N–H and O–H groups in total. The largest absolute Gasteiger partial charge is 0.493 e. The van der Waals surface area contributed by atoms with Crippen LogP contribution in [0.2, 0.25) is 0 Å². The number of methoxy groups -OCH3 is 1. The van der Waals surface area contributed by atoms with Crippen LogP contribution < -0.4 is 15.2 Å². The number of thioether (sulfide) groups is 1. The summed E-state index contributed by atoms with van der Waals surface area (Å²) in [5.74, 6) is 0.925. The van der Waals surface area contributed by atoms with Gasteiger partial charge in [-0.1, -0.05) is 36.4 Å². The van der Waals surface area contributed by atoms with Crippen LogP contribution in [0.3, 0.4) is 0 Å². The number of benzene rings is 2. The van der Waals surface area contributed by atoms with Crippen LogP contribution in [0.5, 0.6) is 11.5 Å². The highest BCUT2D eigenvalue weighted by Crippen LogP contribution is 2.32. The third-order valence-corrected chi connectivity index (χ3v) is 4.17. The standard InChI is InChI=1S/C18H16N2O3S/c1-22-14-8-7-13(10-16-17(21)20-18(19)24-16)9-15(14)23-11-12-5-3-2-4-6-12/h2-10H,11H2,1H3,(H2,19,20,21)/b16-10+. The van der Waals surface area contributed by atoms with Crippen molar-refractivity contribution in [3.8, 4) is 11.5 Å². The molecule has 0 spiro atoms. The zero-order chi connectivity index (χ0) is 16.9. The van der Waals surface area contributed by atoms with Crippen LogP contribution >= 0.6 is 11.8 Å². The van der Waals surface area contributed by atoms with Gasteiger partial charge >= 0.3 is 0 Å². The maximum absolute atomic E-state index is 11.7. The molecule has 0 saturated carbocycles. The van der Waals surface area contributed by atoms with Gasteiger partial charge in [-0.2, -0.15) is 4.99 Å². The lowest BCUT2D eigenvalue weighted by Gasteiger charge is -2.11. The summed E-state index contributed by atoms with van der Waals surface area (Å²) >= 11 is 1.16. The molecule has 2 aromatic rings. The lowest BCUT2D eigenvalue weighted by molar-refractivity contribution is -0.113. The molecule has 0 atom stereocenters. The van der Waals surface area contributed by atoms with E-state index >= 15 is 0 Å². The van der Waals surface area contributed by atoms with E-state index in [9.17, 15) is 4.79 Å². The van der Waals surface area contributed by atoms with Crippen LogP contribution in [-0.2, 0) is 11.4 Å². The van der Waals surface area contributed by atoms with E-state index < -0.39 is 0 Å². The van der Waals surface area contributed by atoms with Gasteiger partial charge in [-0.3, -0.25) is 4.79 Å². The Kier molecular flexibility index (Phi) is 4.86. The molecule has 0 bridgehead atoms. The van der Waals surface area contributed by atoms with Crippen LogP contribution in [0.15, 0.2) is 58.4 Å². The molecule has 2 aromatic carbocycles. The van der Waals surface area contributed by atoms with Crippen molar-refractivity contribution in [1.82, 2.24) is 0 Å².